The molecule has 2 aromatic rings. The largest absolute Gasteiger partial charge is 0.478 e. The number of hydrogen-bond donors (Lipinski definition) is 1. The van der Waals surface area contributed by atoms with E-state index in [1.807, 2.05) is 24.4 Å². The molecule has 0 aliphatic heterocycles. The summed E-state index contributed by atoms with van der Waals surface area (Å²) in [5.41, 5.74) is 2.56. The van der Waals surface area contributed by atoms with Crippen LogP contribution in [0.4, 0.5) is 0 Å². The first kappa shape index (κ1) is 15.5. The second kappa shape index (κ2) is 8.42. The molecule has 21 heavy (non-hydrogen) atoms. The Morgan fingerprint density at radius 3 is 2.67 bits per heavy atom. The van der Waals surface area contributed by atoms with Crippen molar-refractivity contribution >= 4 is 0 Å². The van der Waals surface area contributed by atoms with Gasteiger partial charge in [0.1, 0.15) is 0 Å². The van der Waals surface area contributed by atoms with Gasteiger partial charge < -0.3 is 10.1 Å². The molecule has 1 aromatic carbocycles. The molecule has 0 saturated carbocycles. The molecule has 0 spiro atoms. The van der Waals surface area contributed by atoms with Gasteiger partial charge in [-0.05, 0) is 30.0 Å². The number of hydrogen-bond acceptors (Lipinski definition) is 3. The molecule has 0 radical (unpaired) electrons. The van der Waals surface area contributed by atoms with Crippen LogP contribution in [0.5, 0.6) is 5.88 Å². The summed E-state index contributed by atoms with van der Waals surface area (Å²) in [6, 6.07) is 15.0. The van der Waals surface area contributed by atoms with Gasteiger partial charge >= 0.3 is 0 Å². The van der Waals surface area contributed by atoms with Gasteiger partial charge in [0.25, 0.3) is 0 Å². The minimum absolute atomic E-state index is 0.480. The van der Waals surface area contributed by atoms with Crippen LogP contribution in [0, 0.1) is 0 Å². The van der Waals surface area contributed by atoms with Gasteiger partial charge in [0.15, 0.2) is 0 Å². The molecule has 3 heteroatoms. The SMILES string of the molecule is CC(C)NCc1ccnc(OCCCc2ccccc2)c1. The Bertz CT molecular complexity index is 526. The lowest BCUT2D eigenvalue weighted by molar-refractivity contribution is 0.299. The van der Waals surface area contributed by atoms with Gasteiger partial charge in [-0.15, -0.1) is 0 Å². The molecular weight excluding hydrogens is 260 g/mol. The van der Waals surface area contributed by atoms with Gasteiger partial charge in [0.2, 0.25) is 5.88 Å². The van der Waals surface area contributed by atoms with E-state index in [1.165, 1.54) is 11.1 Å². The van der Waals surface area contributed by atoms with Crippen LogP contribution in [0.25, 0.3) is 0 Å². The molecular formula is C18H24N2O. The zero-order chi connectivity index (χ0) is 14.9. The third kappa shape index (κ3) is 5.96. The first-order chi connectivity index (χ1) is 10.2. The quantitative estimate of drug-likeness (QED) is 0.752. The van der Waals surface area contributed by atoms with E-state index in [1.54, 1.807) is 0 Å². The molecule has 0 saturated heterocycles. The van der Waals surface area contributed by atoms with E-state index in [0.29, 0.717) is 18.5 Å². The summed E-state index contributed by atoms with van der Waals surface area (Å²) in [4.78, 5) is 4.26. The monoisotopic (exact) mass is 284 g/mol. The highest BCUT2D eigenvalue weighted by molar-refractivity contribution is 5.20. The summed E-state index contributed by atoms with van der Waals surface area (Å²) in [5.74, 6) is 0.714. The fourth-order valence-electron chi connectivity index (χ4n) is 2.06. The number of benzene rings is 1. The second-order valence-electron chi connectivity index (χ2n) is 5.48. The van der Waals surface area contributed by atoms with Crippen molar-refractivity contribution in [2.45, 2.75) is 39.3 Å². The van der Waals surface area contributed by atoms with Crippen LogP contribution < -0.4 is 10.1 Å². The standard InChI is InChI=1S/C18H24N2O/c1-15(2)20-14-17-10-11-19-18(13-17)21-12-6-9-16-7-4-3-5-8-16/h3-5,7-8,10-11,13,15,20H,6,9,12,14H2,1-2H3. The number of aromatic nitrogens is 1. The molecule has 0 bridgehead atoms. The number of nitrogens with zero attached hydrogens (tertiary/aromatic N) is 1. The van der Waals surface area contributed by atoms with Crippen molar-refractivity contribution in [3.63, 3.8) is 0 Å². The highest BCUT2D eigenvalue weighted by Crippen LogP contribution is 2.10. The van der Waals surface area contributed by atoms with Gasteiger partial charge in [-0.2, -0.15) is 0 Å². The fourth-order valence-corrected chi connectivity index (χ4v) is 2.06. The molecule has 0 atom stereocenters. The molecule has 1 heterocycles. The summed E-state index contributed by atoms with van der Waals surface area (Å²) < 4.78 is 5.74. The van der Waals surface area contributed by atoms with Gasteiger partial charge in [-0.25, -0.2) is 4.98 Å². The van der Waals surface area contributed by atoms with E-state index in [4.69, 9.17) is 4.74 Å². The Labute approximate surface area is 127 Å². The Morgan fingerprint density at radius 1 is 1.10 bits per heavy atom. The van der Waals surface area contributed by atoms with E-state index >= 15 is 0 Å². The minimum Gasteiger partial charge on any atom is -0.478 e. The van der Waals surface area contributed by atoms with E-state index in [0.717, 1.165) is 19.4 Å². The van der Waals surface area contributed by atoms with Gasteiger partial charge in [0.05, 0.1) is 6.61 Å². The average Bonchev–Trinajstić information content (AvgIpc) is 2.51. The van der Waals surface area contributed by atoms with Crippen molar-refractivity contribution in [2.24, 2.45) is 0 Å². The Morgan fingerprint density at radius 2 is 1.90 bits per heavy atom. The lowest BCUT2D eigenvalue weighted by Gasteiger charge is -2.10. The van der Waals surface area contributed by atoms with Crippen molar-refractivity contribution < 1.29 is 4.74 Å². The van der Waals surface area contributed by atoms with Gasteiger partial charge in [-0.3, -0.25) is 0 Å². The van der Waals surface area contributed by atoms with E-state index in [-0.39, 0.29) is 0 Å². The van der Waals surface area contributed by atoms with Crippen LogP contribution in [-0.2, 0) is 13.0 Å². The molecule has 0 unspecified atom stereocenters. The Kier molecular flexibility index (Phi) is 6.22. The van der Waals surface area contributed by atoms with Gasteiger partial charge in [0, 0.05) is 24.8 Å². The molecule has 0 aliphatic carbocycles. The lowest BCUT2D eigenvalue weighted by atomic mass is 10.1. The second-order valence-corrected chi connectivity index (χ2v) is 5.48. The predicted molar refractivity (Wildman–Crippen MR) is 86.5 cm³/mol. The predicted octanol–water partition coefficient (Wildman–Crippen LogP) is 3.59. The zero-order valence-corrected chi connectivity index (χ0v) is 12.9. The van der Waals surface area contributed by atoms with Crippen LogP contribution in [0.1, 0.15) is 31.4 Å². The maximum atomic E-state index is 5.74. The third-order valence-electron chi connectivity index (χ3n) is 3.22. The smallest absolute Gasteiger partial charge is 0.213 e. The van der Waals surface area contributed by atoms with Crippen LogP contribution in [0.3, 0.4) is 0 Å². The van der Waals surface area contributed by atoms with E-state index < -0.39 is 0 Å². The summed E-state index contributed by atoms with van der Waals surface area (Å²) in [6.45, 7) is 5.83. The molecule has 3 nitrogen and oxygen atoms in total. The van der Waals surface area contributed by atoms with Crippen LogP contribution in [0.2, 0.25) is 0 Å². The van der Waals surface area contributed by atoms with Gasteiger partial charge in [-0.1, -0.05) is 44.2 Å². The topological polar surface area (TPSA) is 34.2 Å². The summed E-state index contributed by atoms with van der Waals surface area (Å²) >= 11 is 0. The highest BCUT2D eigenvalue weighted by Gasteiger charge is 2.00. The van der Waals surface area contributed by atoms with Crippen LogP contribution in [0.15, 0.2) is 48.7 Å². The van der Waals surface area contributed by atoms with Crippen molar-refractivity contribution in [3.8, 4) is 5.88 Å². The minimum atomic E-state index is 0.480. The van der Waals surface area contributed by atoms with Crippen molar-refractivity contribution in [1.29, 1.82) is 0 Å². The summed E-state index contributed by atoms with van der Waals surface area (Å²) in [7, 11) is 0. The highest BCUT2D eigenvalue weighted by atomic mass is 16.5. The average molecular weight is 284 g/mol. The Balaban J connectivity index is 1.74. The normalized spacial score (nSPS) is 10.8. The summed E-state index contributed by atoms with van der Waals surface area (Å²) in [5, 5.41) is 3.39. The summed E-state index contributed by atoms with van der Waals surface area (Å²) in [6.07, 6.45) is 3.85. The number of pyridine rings is 1. The third-order valence-corrected chi connectivity index (χ3v) is 3.22. The van der Waals surface area contributed by atoms with E-state index in [9.17, 15) is 0 Å². The van der Waals surface area contributed by atoms with Crippen molar-refractivity contribution in [2.75, 3.05) is 6.61 Å². The maximum absolute atomic E-state index is 5.74. The molecule has 2 rings (SSSR count). The molecule has 0 aliphatic rings. The Hall–Kier alpha value is -1.87. The number of aryl methyl sites for hydroxylation is 1. The molecule has 1 aromatic heterocycles. The first-order valence-electron chi connectivity index (χ1n) is 7.59. The number of rotatable bonds is 8. The lowest BCUT2D eigenvalue weighted by Crippen LogP contribution is -2.21. The fraction of sp³-hybridized carbons (Fsp3) is 0.389. The van der Waals surface area contributed by atoms with Crippen LogP contribution >= 0.6 is 0 Å². The van der Waals surface area contributed by atoms with Crippen LogP contribution in [-0.4, -0.2) is 17.6 Å². The molecule has 1 N–H and O–H groups in total. The molecule has 112 valence electrons. The first-order valence-corrected chi connectivity index (χ1v) is 7.59. The number of nitrogens with one attached hydrogen (secondary N) is 1. The van der Waals surface area contributed by atoms with E-state index in [2.05, 4.69) is 48.4 Å². The molecule has 0 amide bonds. The van der Waals surface area contributed by atoms with Crippen molar-refractivity contribution in [3.05, 3.63) is 59.8 Å². The van der Waals surface area contributed by atoms with Crippen molar-refractivity contribution in [1.82, 2.24) is 10.3 Å². The maximum Gasteiger partial charge on any atom is 0.213 e. The zero-order valence-electron chi connectivity index (χ0n) is 12.9. The number of ether oxygens (including phenoxy) is 1. The molecule has 0 fully saturated rings.